The van der Waals surface area contributed by atoms with Crippen LogP contribution in [0.25, 0.3) is 5.57 Å². The van der Waals surface area contributed by atoms with E-state index in [4.69, 9.17) is 9.47 Å². The number of amides is 2. The van der Waals surface area contributed by atoms with Crippen molar-refractivity contribution in [2.45, 2.75) is 6.42 Å². The van der Waals surface area contributed by atoms with Crippen molar-refractivity contribution in [2.75, 3.05) is 76.0 Å². The number of aromatic nitrogens is 2. The summed E-state index contributed by atoms with van der Waals surface area (Å²) in [5.74, 6) is 1.44. The topological polar surface area (TPSA) is 121 Å². The highest BCUT2D eigenvalue weighted by Gasteiger charge is 2.29. The molecule has 0 fully saturated rings. The third kappa shape index (κ3) is 6.25. The fraction of sp³-hybridized carbons (Fsp3) is 0.417. The molecular formula is C24H31N7O4. The lowest BCUT2D eigenvalue weighted by molar-refractivity contribution is -0.131. The molecule has 2 aromatic rings. The summed E-state index contributed by atoms with van der Waals surface area (Å²) in [5, 5.41) is 9.21. The van der Waals surface area contributed by atoms with Gasteiger partial charge in [-0.15, -0.1) is 0 Å². The highest BCUT2D eigenvalue weighted by molar-refractivity contribution is 6.32. The van der Waals surface area contributed by atoms with Gasteiger partial charge in [0.05, 0.1) is 30.9 Å². The third-order valence-corrected chi connectivity index (χ3v) is 5.83. The van der Waals surface area contributed by atoms with Crippen molar-refractivity contribution >= 4 is 34.7 Å². The Hall–Kier alpha value is -3.70. The molecule has 2 aliphatic rings. The molecule has 1 aromatic carbocycles. The average molecular weight is 482 g/mol. The number of rotatable bonds is 3. The molecule has 0 radical (unpaired) electrons. The first-order valence-electron chi connectivity index (χ1n) is 11.6. The first kappa shape index (κ1) is 24.4. The minimum Gasteiger partial charge on any atom is -0.493 e. The van der Waals surface area contributed by atoms with E-state index in [1.807, 2.05) is 24.3 Å². The summed E-state index contributed by atoms with van der Waals surface area (Å²) in [4.78, 5) is 37.8. The minimum absolute atomic E-state index is 0.0176. The molecule has 0 aliphatic carbocycles. The summed E-state index contributed by atoms with van der Waals surface area (Å²) in [6.07, 6.45) is 3.81. The zero-order valence-electron chi connectivity index (χ0n) is 20.0. The van der Waals surface area contributed by atoms with Crippen LogP contribution in [0.1, 0.15) is 12.0 Å². The van der Waals surface area contributed by atoms with E-state index in [0.29, 0.717) is 74.5 Å². The first-order chi connectivity index (χ1) is 17.0. The third-order valence-electron chi connectivity index (χ3n) is 5.83. The van der Waals surface area contributed by atoms with Gasteiger partial charge in [0.1, 0.15) is 23.7 Å². The number of nitrogens with zero attached hydrogens (tertiary/aromatic N) is 4. The van der Waals surface area contributed by atoms with Gasteiger partial charge in [-0.05, 0) is 18.6 Å². The Kier molecular flexibility index (Phi) is 8.11. The van der Waals surface area contributed by atoms with Crippen molar-refractivity contribution in [3.8, 4) is 5.75 Å². The van der Waals surface area contributed by atoms with Gasteiger partial charge in [0.15, 0.2) is 0 Å². The standard InChI is InChI=1S/C24H31N7O4/c1-30-9-7-25-22-21-19(24(33)29-23(21)28-16-27-22)14-26-17-5-3-6-18(13-17)35-11-4-8-31(10-12-34-2)15-20(30)32/h3,5-6,13-14,16,26H,4,7-12,15H2,1-2H3,(H2,25,27,28,29,33)/b19-14-. The first-order valence-corrected chi connectivity index (χ1v) is 11.6. The molecule has 0 spiro atoms. The maximum absolute atomic E-state index is 12.8. The Morgan fingerprint density at radius 2 is 2.03 bits per heavy atom. The highest BCUT2D eigenvalue weighted by Crippen LogP contribution is 2.34. The molecule has 11 nitrogen and oxygen atoms in total. The molecule has 0 unspecified atom stereocenters. The summed E-state index contributed by atoms with van der Waals surface area (Å²) >= 11 is 0. The van der Waals surface area contributed by atoms with E-state index in [9.17, 15) is 9.59 Å². The molecule has 3 N–H and O–H groups in total. The van der Waals surface area contributed by atoms with Gasteiger partial charge >= 0.3 is 0 Å². The Morgan fingerprint density at radius 1 is 1.17 bits per heavy atom. The molecule has 3 heterocycles. The second-order valence-corrected chi connectivity index (χ2v) is 8.34. The van der Waals surface area contributed by atoms with Crippen molar-refractivity contribution in [3.63, 3.8) is 0 Å². The molecule has 4 rings (SSSR count). The fourth-order valence-corrected chi connectivity index (χ4v) is 3.87. The fourth-order valence-electron chi connectivity index (χ4n) is 3.87. The number of likely N-dealkylation sites (N-methyl/N-ethyl adjacent to an activating group) is 1. The van der Waals surface area contributed by atoms with Crippen molar-refractivity contribution in [2.24, 2.45) is 0 Å². The number of methoxy groups -OCH3 is 1. The summed E-state index contributed by atoms with van der Waals surface area (Å²) in [7, 11) is 3.43. The van der Waals surface area contributed by atoms with Gasteiger partial charge in [0.2, 0.25) is 5.91 Å². The van der Waals surface area contributed by atoms with Gasteiger partial charge in [0.25, 0.3) is 5.91 Å². The van der Waals surface area contributed by atoms with Crippen LogP contribution in [0.2, 0.25) is 0 Å². The number of benzene rings is 1. The van der Waals surface area contributed by atoms with E-state index in [2.05, 4.69) is 30.8 Å². The Balaban J connectivity index is 1.58. The number of hydrogen-bond donors (Lipinski definition) is 3. The molecule has 11 heteroatoms. The van der Waals surface area contributed by atoms with Crippen LogP contribution in [0.3, 0.4) is 0 Å². The molecule has 0 saturated carbocycles. The molecule has 186 valence electrons. The van der Waals surface area contributed by atoms with E-state index in [1.165, 1.54) is 6.33 Å². The molecule has 0 atom stereocenters. The van der Waals surface area contributed by atoms with Gasteiger partial charge in [-0.1, -0.05) is 6.07 Å². The zero-order valence-corrected chi connectivity index (χ0v) is 20.0. The minimum atomic E-state index is -0.266. The number of anilines is 3. The number of hydrogen-bond acceptors (Lipinski definition) is 9. The summed E-state index contributed by atoms with van der Waals surface area (Å²) in [6, 6.07) is 7.54. The lowest BCUT2D eigenvalue weighted by atomic mass is 10.1. The number of carbonyl (C=O) groups excluding carboxylic acids is 2. The Morgan fingerprint density at radius 3 is 2.89 bits per heavy atom. The lowest BCUT2D eigenvalue weighted by Crippen LogP contribution is -2.42. The van der Waals surface area contributed by atoms with E-state index < -0.39 is 0 Å². The van der Waals surface area contributed by atoms with Crippen LogP contribution < -0.4 is 20.7 Å². The Bertz CT molecular complexity index is 1090. The predicted octanol–water partition coefficient (Wildman–Crippen LogP) is 1.48. The van der Waals surface area contributed by atoms with Crippen LogP contribution in [-0.4, -0.2) is 91.7 Å². The van der Waals surface area contributed by atoms with E-state index in [1.54, 1.807) is 25.3 Å². The van der Waals surface area contributed by atoms with Gasteiger partial charge in [0, 0.05) is 58.3 Å². The number of nitrogens with one attached hydrogen (secondary N) is 3. The maximum Gasteiger partial charge on any atom is 0.259 e. The van der Waals surface area contributed by atoms with Gasteiger partial charge < -0.3 is 30.3 Å². The lowest BCUT2D eigenvalue weighted by Gasteiger charge is -2.25. The summed E-state index contributed by atoms with van der Waals surface area (Å²) < 4.78 is 11.1. The molecule has 35 heavy (non-hydrogen) atoms. The average Bonchev–Trinajstić information content (AvgIpc) is 3.18. The van der Waals surface area contributed by atoms with E-state index in [0.717, 1.165) is 12.1 Å². The normalized spacial score (nSPS) is 19.0. The van der Waals surface area contributed by atoms with E-state index in [-0.39, 0.29) is 11.8 Å². The van der Waals surface area contributed by atoms with Crippen LogP contribution >= 0.6 is 0 Å². The summed E-state index contributed by atoms with van der Waals surface area (Å²) in [5.41, 5.74) is 1.80. The van der Waals surface area contributed by atoms with Gasteiger partial charge in [-0.3, -0.25) is 14.5 Å². The van der Waals surface area contributed by atoms with Gasteiger partial charge in [-0.25, -0.2) is 9.97 Å². The number of carbonyl (C=O) groups is 2. The zero-order chi connectivity index (χ0) is 24.6. The van der Waals surface area contributed by atoms with Crippen LogP contribution in [0.5, 0.6) is 5.75 Å². The largest absolute Gasteiger partial charge is 0.493 e. The molecule has 2 amide bonds. The predicted molar refractivity (Wildman–Crippen MR) is 133 cm³/mol. The van der Waals surface area contributed by atoms with Gasteiger partial charge in [-0.2, -0.15) is 0 Å². The number of ether oxygens (including phenoxy) is 2. The summed E-state index contributed by atoms with van der Waals surface area (Å²) in [6.45, 7) is 3.68. The molecular weight excluding hydrogens is 450 g/mol. The Labute approximate surface area is 204 Å². The maximum atomic E-state index is 12.8. The van der Waals surface area contributed by atoms with Crippen LogP contribution in [0.15, 0.2) is 36.8 Å². The second-order valence-electron chi connectivity index (χ2n) is 8.34. The SMILES string of the molecule is COCCN1CCCOc2cccc(c2)N/C=C2\C(=O)Nc3ncnc(c32)NCCN(C)C(=O)C1. The van der Waals surface area contributed by atoms with Crippen LogP contribution in [-0.2, 0) is 14.3 Å². The van der Waals surface area contributed by atoms with Crippen LogP contribution in [0, 0.1) is 0 Å². The van der Waals surface area contributed by atoms with Crippen molar-refractivity contribution < 1.29 is 19.1 Å². The van der Waals surface area contributed by atoms with Crippen molar-refractivity contribution in [3.05, 3.63) is 42.4 Å². The monoisotopic (exact) mass is 481 g/mol. The number of fused-ring (bicyclic) bond motifs is 2. The molecule has 0 saturated heterocycles. The second kappa shape index (κ2) is 11.6. The van der Waals surface area contributed by atoms with E-state index >= 15 is 0 Å². The smallest absolute Gasteiger partial charge is 0.259 e. The van der Waals surface area contributed by atoms with Crippen LogP contribution in [0.4, 0.5) is 17.3 Å². The van der Waals surface area contributed by atoms with Crippen molar-refractivity contribution in [1.29, 1.82) is 0 Å². The highest BCUT2D eigenvalue weighted by atomic mass is 16.5. The molecule has 2 aliphatic heterocycles. The quantitative estimate of drug-likeness (QED) is 0.599. The van der Waals surface area contributed by atoms with Crippen molar-refractivity contribution in [1.82, 2.24) is 19.8 Å². The molecule has 1 aromatic heterocycles. The molecule has 2 bridgehead atoms.